The molecule has 4 heteroatoms. The van der Waals surface area contributed by atoms with Gasteiger partial charge in [0.15, 0.2) is 0 Å². The summed E-state index contributed by atoms with van der Waals surface area (Å²) >= 11 is 0. The van der Waals surface area contributed by atoms with Crippen LogP contribution in [0, 0.1) is 5.92 Å². The van der Waals surface area contributed by atoms with Crippen LogP contribution in [0.5, 0.6) is 0 Å². The van der Waals surface area contributed by atoms with E-state index >= 15 is 0 Å². The van der Waals surface area contributed by atoms with Crippen molar-refractivity contribution in [2.24, 2.45) is 5.92 Å². The predicted molar refractivity (Wildman–Crippen MR) is 80.2 cm³/mol. The Labute approximate surface area is 118 Å². The van der Waals surface area contributed by atoms with Crippen molar-refractivity contribution in [2.45, 2.75) is 59.0 Å². The highest BCUT2D eigenvalue weighted by atomic mass is 16.2. The maximum Gasteiger partial charge on any atom is 0.237 e. The van der Waals surface area contributed by atoms with Crippen molar-refractivity contribution in [3.05, 3.63) is 0 Å². The molecule has 1 amide bonds. The number of amides is 1. The standard InChI is InChI=1S/C15H31N3O/c1-5-9-17-14-8-10-18(11-13(14)6-2)12(4)15(19)16-7-3/h12-14,17H,5-11H2,1-4H3,(H,16,19). The number of nitrogens with zero attached hydrogens (tertiary/aromatic N) is 1. The number of carbonyl (C=O) groups excluding carboxylic acids is 1. The van der Waals surface area contributed by atoms with Gasteiger partial charge < -0.3 is 10.6 Å². The van der Waals surface area contributed by atoms with Gasteiger partial charge in [0.05, 0.1) is 6.04 Å². The van der Waals surface area contributed by atoms with Crippen molar-refractivity contribution in [3.63, 3.8) is 0 Å². The molecule has 0 saturated carbocycles. The van der Waals surface area contributed by atoms with E-state index in [0.29, 0.717) is 12.0 Å². The van der Waals surface area contributed by atoms with E-state index in [0.717, 1.165) is 32.6 Å². The van der Waals surface area contributed by atoms with E-state index < -0.39 is 0 Å². The van der Waals surface area contributed by atoms with Gasteiger partial charge in [0.1, 0.15) is 0 Å². The molecule has 0 aromatic rings. The molecule has 1 aliphatic heterocycles. The number of piperidine rings is 1. The highest BCUT2D eigenvalue weighted by molar-refractivity contribution is 5.81. The third-order valence-electron chi connectivity index (χ3n) is 4.22. The van der Waals surface area contributed by atoms with Gasteiger partial charge in [-0.3, -0.25) is 9.69 Å². The van der Waals surface area contributed by atoms with Crippen LogP contribution in [0.1, 0.15) is 47.0 Å². The average molecular weight is 269 g/mol. The molecule has 0 aromatic carbocycles. The molecule has 0 spiro atoms. The molecule has 19 heavy (non-hydrogen) atoms. The monoisotopic (exact) mass is 269 g/mol. The van der Waals surface area contributed by atoms with Gasteiger partial charge in [-0.1, -0.05) is 20.3 Å². The van der Waals surface area contributed by atoms with Crippen LogP contribution >= 0.6 is 0 Å². The minimum Gasteiger partial charge on any atom is -0.355 e. The summed E-state index contributed by atoms with van der Waals surface area (Å²) in [4.78, 5) is 14.3. The fourth-order valence-electron chi connectivity index (χ4n) is 2.91. The third-order valence-corrected chi connectivity index (χ3v) is 4.22. The van der Waals surface area contributed by atoms with E-state index in [1.807, 2.05) is 13.8 Å². The summed E-state index contributed by atoms with van der Waals surface area (Å²) in [6.07, 6.45) is 3.52. The SMILES string of the molecule is CCCNC1CCN(C(C)C(=O)NCC)CC1CC. The fourth-order valence-corrected chi connectivity index (χ4v) is 2.91. The molecule has 0 aromatic heterocycles. The summed E-state index contributed by atoms with van der Waals surface area (Å²) in [7, 11) is 0. The molecule has 1 rings (SSSR count). The lowest BCUT2D eigenvalue weighted by Crippen LogP contribution is -2.55. The van der Waals surface area contributed by atoms with Crippen molar-refractivity contribution in [3.8, 4) is 0 Å². The lowest BCUT2D eigenvalue weighted by molar-refractivity contribution is -0.126. The van der Waals surface area contributed by atoms with Crippen LogP contribution in [0.15, 0.2) is 0 Å². The average Bonchev–Trinajstić information content (AvgIpc) is 2.44. The first-order chi connectivity index (χ1) is 9.13. The summed E-state index contributed by atoms with van der Waals surface area (Å²) in [6, 6.07) is 0.628. The zero-order chi connectivity index (χ0) is 14.3. The molecule has 1 heterocycles. The fraction of sp³-hybridized carbons (Fsp3) is 0.933. The minimum absolute atomic E-state index is 0.00104. The summed E-state index contributed by atoms with van der Waals surface area (Å²) in [6.45, 7) is 12.3. The van der Waals surface area contributed by atoms with Crippen LogP contribution in [0.3, 0.4) is 0 Å². The molecular formula is C15H31N3O. The Balaban J connectivity index is 2.51. The molecule has 112 valence electrons. The zero-order valence-corrected chi connectivity index (χ0v) is 13.0. The van der Waals surface area contributed by atoms with Gasteiger partial charge in [0, 0.05) is 25.7 Å². The summed E-state index contributed by atoms with van der Waals surface area (Å²) < 4.78 is 0. The molecule has 0 radical (unpaired) electrons. The molecule has 1 saturated heterocycles. The van der Waals surface area contributed by atoms with Gasteiger partial charge >= 0.3 is 0 Å². The predicted octanol–water partition coefficient (Wildman–Crippen LogP) is 1.61. The minimum atomic E-state index is 0.00104. The van der Waals surface area contributed by atoms with Crippen LogP contribution in [0.4, 0.5) is 0 Å². The molecule has 0 aliphatic carbocycles. The Bertz CT molecular complexity index is 270. The highest BCUT2D eigenvalue weighted by Gasteiger charge is 2.31. The molecule has 1 fully saturated rings. The first-order valence-corrected chi connectivity index (χ1v) is 7.89. The summed E-state index contributed by atoms with van der Waals surface area (Å²) in [5, 5.41) is 6.58. The van der Waals surface area contributed by atoms with Gasteiger partial charge in [-0.2, -0.15) is 0 Å². The van der Waals surface area contributed by atoms with E-state index in [2.05, 4.69) is 29.4 Å². The van der Waals surface area contributed by atoms with Crippen molar-refractivity contribution < 1.29 is 4.79 Å². The Hall–Kier alpha value is -0.610. The van der Waals surface area contributed by atoms with Gasteiger partial charge in [0.25, 0.3) is 0 Å². The van der Waals surface area contributed by atoms with Crippen molar-refractivity contribution >= 4 is 5.91 Å². The van der Waals surface area contributed by atoms with E-state index in [9.17, 15) is 4.79 Å². The zero-order valence-electron chi connectivity index (χ0n) is 13.0. The maximum absolute atomic E-state index is 11.9. The number of likely N-dealkylation sites (N-methyl/N-ethyl adjacent to an activating group) is 1. The summed E-state index contributed by atoms with van der Waals surface area (Å²) in [5.41, 5.74) is 0. The molecule has 3 unspecified atom stereocenters. The normalized spacial score (nSPS) is 26.1. The lowest BCUT2D eigenvalue weighted by Gasteiger charge is -2.41. The van der Waals surface area contributed by atoms with Crippen molar-refractivity contribution in [1.29, 1.82) is 0 Å². The Morgan fingerprint density at radius 3 is 2.68 bits per heavy atom. The first kappa shape index (κ1) is 16.4. The lowest BCUT2D eigenvalue weighted by atomic mass is 9.89. The number of hydrogen-bond acceptors (Lipinski definition) is 3. The number of hydrogen-bond donors (Lipinski definition) is 2. The number of nitrogens with one attached hydrogen (secondary N) is 2. The van der Waals surface area contributed by atoms with Gasteiger partial charge in [0.2, 0.25) is 5.91 Å². The van der Waals surface area contributed by atoms with E-state index in [1.165, 1.54) is 12.8 Å². The van der Waals surface area contributed by atoms with Crippen LogP contribution in [-0.4, -0.2) is 49.1 Å². The second-order valence-electron chi connectivity index (χ2n) is 5.58. The van der Waals surface area contributed by atoms with Crippen molar-refractivity contribution in [1.82, 2.24) is 15.5 Å². The molecule has 1 aliphatic rings. The molecule has 4 nitrogen and oxygen atoms in total. The van der Waals surface area contributed by atoms with Crippen LogP contribution in [0.2, 0.25) is 0 Å². The first-order valence-electron chi connectivity index (χ1n) is 7.89. The third kappa shape index (κ3) is 4.77. The van der Waals surface area contributed by atoms with Gasteiger partial charge in [-0.25, -0.2) is 0 Å². The van der Waals surface area contributed by atoms with Crippen LogP contribution in [0.25, 0.3) is 0 Å². The number of likely N-dealkylation sites (tertiary alicyclic amines) is 1. The van der Waals surface area contributed by atoms with Crippen molar-refractivity contribution in [2.75, 3.05) is 26.2 Å². The smallest absolute Gasteiger partial charge is 0.237 e. The van der Waals surface area contributed by atoms with Gasteiger partial charge in [-0.15, -0.1) is 0 Å². The molecule has 3 atom stereocenters. The molecular weight excluding hydrogens is 238 g/mol. The highest BCUT2D eigenvalue weighted by Crippen LogP contribution is 2.22. The quantitative estimate of drug-likeness (QED) is 0.738. The Morgan fingerprint density at radius 2 is 2.11 bits per heavy atom. The Kier molecular flexibility index (Phi) is 7.39. The number of carbonyl (C=O) groups is 1. The van der Waals surface area contributed by atoms with E-state index in [-0.39, 0.29) is 11.9 Å². The summed E-state index contributed by atoms with van der Waals surface area (Å²) in [5.74, 6) is 0.828. The Morgan fingerprint density at radius 1 is 1.37 bits per heavy atom. The maximum atomic E-state index is 11.9. The second-order valence-corrected chi connectivity index (χ2v) is 5.58. The second kappa shape index (κ2) is 8.54. The topological polar surface area (TPSA) is 44.4 Å². The van der Waals surface area contributed by atoms with Gasteiger partial charge in [-0.05, 0) is 39.2 Å². The van der Waals surface area contributed by atoms with Crippen LogP contribution in [-0.2, 0) is 4.79 Å². The van der Waals surface area contributed by atoms with E-state index in [1.54, 1.807) is 0 Å². The largest absolute Gasteiger partial charge is 0.355 e. The molecule has 2 N–H and O–H groups in total. The number of rotatable bonds is 7. The van der Waals surface area contributed by atoms with Crippen LogP contribution < -0.4 is 10.6 Å². The molecule has 0 bridgehead atoms. The van der Waals surface area contributed by atoms with E-state index in [4.69, 9.17) is 0 Å².